The number of aliphatic hydroxyl groups is 1. The van der Waals surface area contributed by atoms with Gasteiger partial charge >= 0.3 is 0 Å². The molecule has 5 heteroatoms. The van der Waals surface area contributed by atoms with Gasteiger partial charge in [-0.1, -0.05) is 62.6 Å². The van der Waals surface area contributed by atoms with Crippen molar-refractivity contribution in [3.05, 3.63) is 59.7 Å². The summed E-state index contributed by atoms with van der Waals surface area (Å²) in [5.41, 5.74) is 1.98. The van der Waals surface area contributed by atoms with E-state index in [-0.39, 0.29) is 12.4 Å². The fraction of sp³-hybridized carbons (Fsp3) is 0.391. The molecule has 2 aromatic rings. The molecule has 0 aliphatic heterocycles. The van der Waals surface area contributed by atoms with E-state index < -0.39 is 9.84 Å². The molecule has 0 aliphatic rings. The fourth-order valence-corrected chi connectivity index (χ4v) is 4.12. The Bertz CT molecular complexity index is 822. The van der Waals surface area contributed by atoms with E-state index in [9.17, 15) is 8.42 Å². The number of rotatable bonds is 12. The van der Waals surface area contributed by atoms with Crippen molar-refractivity contribution in [3.63, 3.8) is 0 Å². The van der Waals surface area contributed by atoms with Crippen molar-refractivity contribution in [1.29, 1.82) is 0 Å². The third kappa shape index (κ3) is 7.49. The number of hydrogen-bond donors (Lipinski definition) is 1. The number of sulfone groups is 1. The zero-order chi connectivity index (χ0) is 20.2. The third-order valence-electron chi connectivity index (χ3n) is 4.43. The maximum atomic E-state index is 12.4. The second-order valence-electron chi connectivity index (χ2n) is 6.78. The van der Waals surface area contributed by atoms with Crippen LogP contribution in [-0.4, -0.2) is 32.5 Å². The summed E-state index contributed by atoms with van der Waals surface area (Å²) < 4.78 is 30.2. The predicted octanol–water partition coefficient (Wildman–Crippen LogP) is 4.97. The summed E-state index contributed by atoms with van der Waals surface area (Å²) >= 11 is 0. The Morgan fingerprint density at radius 2 is 1.46 bits per heavy atom. The Morgan fingerprint density at radius 3 is 2.04 bits per heavy atom. The van der Waals surface area contributed by atoms with Crippen molar-refractivity contribution in [3.8, 4) is 5.75 Å². The minimum absolute atomic E-state index is 0.125. The van der Waals surface area contributed by atoms with Crippen LogP contribution in [0.5, 0.6) is 5.75 Å². The lowest BCUT2D eigenvalue weighted by Gasteiger charge is -2.05. The average molecular weight is 403 g/mol. The van der Waals surface area contributed by atoms with Crippen LogP contribution in [0.15, 0.2) is 53.4 Å². The minimum atomic E-state index is -3.19. The molecular weight excluding hydrogens is 372 g/mol. The van der Waals surface area contributed by atoms with Crippen LogP contribution in [0.3, 0.4) is 0 Å². The molecule has 2 aromatic carbocycles. The van der Waals surface area contributed by atoms with Crippen LogP contribution in [0, 0.1) is 0 Å². The van der Waals surface area contributed by atoms with Crippen molar-refractivity contribution in [2.75, 3.05) is 19.0 Å². The van der Waals surface area contributed by atoms with Crippen molar-refractivity contribution in [2.24, 2.45) is 0 Å². The highest BCUT2D eigenvalue weighted by atomic mass is 32.2. The Morgan fingerprint density at radius 1 is 0.857 bits per heavy atom. The molecule has 0 aromatic heterocycles. The van der Waals surface area contributed by atoms with Gasteiger partial charge in [0.2, 0.25) is 0 Å². The first-order valence-electron chi connectivity index (χ1n) is 9.90. The van der Waals surface area contributed by atoms with Crippen LogP contribution in [0.1, 0.15) is 50.2 Å². The molecule has 0 saturated carbocycles. The Hall–Kier alpha value is -2.11. The maximum Gasteiger partial charge on any atom is 0.178 e. The van der Waals surface area contributed by atoms with Crippen LogP contribution in [0.2, 0.25) is 0 Å². The summed E-state index contributed by atoms with van der Waals surface area (Å²) in [6.07, 6.45) is 8.41. The zero-order valence-corrected chi connectivity index (χ0v) is 17.3. The van der Waals surface area contributed by atoms with Crippen molar-refractivity contribution in [2.45, 2.75) is 43.9 Å². The quantitative estimate of drug-likeness (QED) is 0.402. The molecule has 0 amide bonds. The molecule has 0 unspecified atom stereocenters. The van der Waals surface area contributed by atoms with E-state index in [2.05, 4.69) is 6.92 Å². The van der Waals surface area contributed by atoms with Crippen LogP contribution in [-0.2, 0) is 9.84 Å². The van der Waals surface area contributed by atoms with Crippen molar-refractivity contribution >= 4 is 22.0 Å². The monoisotopic (exact) mass is 402 g/mol. The van der Waals surface area contributed by atoms with Gasteiger partial charge in [-0.25, -0.2) is 8.42 Å². The van der Waals surface area contributed by atoms with Gasteiger partial charge in [-0.15, -0.1) is 0 Å². The molecule has 4 nitrogen and oxygen atoms in total. The highest BCUT2D eigenvalue weighted by Crippen LogP contribution is 2.18. The molecule has 0 heterocycles. The lowest BCUT2D eigenvalue weighted by Crippen LogP contribution is -2.06. The van der Waals surface area contributed by atoms with Gasteiger partial charge < -0.3 is 9.84 Å². The summed E-state index contributed by atoms with van der Waals surface area (Å²) in [6, 6.07) is 14.7. The Labute approximate surface area is 168 Å². The molecule has 0 atom stereocenters. The van der Waals surface area contributed by atoms with E-state index >= 15 is 0 Å². The first kappa shape index (κ1) is 22.2. The Kier molecular flexibility index (Phi) is 9.24. The van der Waals surface area contributed by atoms with Gasteiger partial charge in [0.25, 0.3) is 0 Å². The largest absolute Gasteiger partial charge is 0.494 e. The molecule has 1 N–H and O–H groups in total. The molecule has 152 valence electrons. The average Bonchev–Trinajstić information content (AvgIpc) is 2.71. The van der Waals surface area contributed by atoms with Crippen LogP contribution >= 0.6 is 0 Å². The topological polar surface area (TPSA) is 63.6 Å². The van der Waals surface area contributed by atoms with E-state index in [1.165, 1.54) is 0 Å². The molecule has 0 spiro atoms. The lowest BCUT2D eigenvalue weighted by atomic mass is 10.1. The van der Waals surface area contributed by atoms with Crippen LogP contribution in [0.4, 0.5) is 0 Å². The van der Waals surface area contributed by atoms with Gasteiger partial charge in [0.15, 0.2) is 9.84 Å². The first-order valence-corrected chi connectivity index (χ1v) is 11.5. The second-order valence-corrected chi connectivity index (χ2v) is 8.89. The molecule has 2 rings (SSSR count). The highest BCUT2D eigenvalue weighted by Gasteiger charge is 2.13. The molecule has 0 saturated heterocycles. The smallest absolute Gasteiger partial charge is 0.178 e. The standard InChI is InChI=1S/C23H30O4S/c1-2-3-4-5-19-28(25,26)23-15-11-21(12-16-23)8-7-20-9-13-22(14-10-20)27-18-6-17-24/h7-16,24H,2-6,17-19H2,1H3/b8-7+. The normalized spacial score (nSPS) is 11.8. The summed E-state index contributed by atoms with van der Waals surface area (Å²) in [4.78, 5) is 0.394. The van der Waals surface area contributed by atoms with E-state index in [0.29, 0.717) is 17.9 Å². The van der Waals surface area contributed by atoms with Crippen LogP contribution in [0.25, 0.3) is 12.2 Å². The van der Waals surface area contributed by atoms with Crippen LogP contribution < -0.4 is 4.74 Å². The number of unbranched alkanes of at least 4 members (excludes halogenated alkanes) is 3. The second kappa shape index (κ2) is 11.7. The number of hydrogen-bond acceptors (Lipinski definition) is 4. The number of aliphatic hydroxyl groups excluding tert-OH is 1. The molecule has 0 bridgehead atoms. The molecule has 28 heavy (non-hydrogen) atoms. The van der Waals surface area contributed by atoms with Gasteiger partial charge in [0.1, 0.15) is 5.75 Å². The highest BCUT2D eigenvalue weighted by molar-refractivity contribution is 7.91. The number of ether oxygens (including phenoxy) is 1. The van der Waals surface area contributed by atoms with Gasteiger partial charge in [0.05, 0.1) is 17.3 Å². The van der Waals surface area contributed by atoms with E-state index in [1.807, 2.05) is 48.6 Å². The number of benzene rings is 2. The van der Waals surface area contributed by atoms with Crippen molar-refractivity contribution in [1.82, 2.24) is 0 Å². The maximum absolute atomic E-state index is 12.4. The Balaban J connectivity index is 1.92. The van der Waals surface area contributed by atoms with Gasteiger partial charge in [0, 0.05) is 13.0 Å². The van der Waals surface area contributed by atoms with E-state index in [4.69, 9.17) is 9.84 Å². The summed E-state index contributed by atoms with van der Waals surface area (Å²) in [5.74, 6) is 0.994. The summed E-state index contributed by atoms with van der Waals surface area (Å²) in [6.45, 7) is 2.74. The molecule has 0 fully saturated rings. The van der Waals surface area contributed by atoms with Crippen molar-refractivity contribution < 1.29 is 18.3 Å². The molecular formula is C23H30O4S. The van der Waals surface area contributed by atoms with E-state index in [1.54, 1.807) is 12.1 Å². The molecule has 0 radical (unpaired) electrons. The fourth-order valence-electron chi connectivity index (χ4n) is 2.75. The lowest BCUT2D eigenvalue weighted by molar-refractivity contribution is 0.233. The van der Waals surface area contributed by atoms with Gasteiger partial charge in [-0.2, -0.15) is 0 Å². The third-order valence-corrected chi connectivity index (χ3v) is 6.24. The van der Waals surface area contributed by atoms with Gasteiger partial charge in [-0.05, 0) is 41.8 Å². The first-order chi connectivity index (χ1) is 13.5. The zero-order valence-electron chi connectivity index (χ0n) is 16.5. The minimum Gasteiger partial charge on any atom is -0.494 e. The summed E-state index contributed by atoms with van der Waals surface area (Å²) in [5, 5.41) is 8.76. The van der Waals surface area contributed by atoms with E-state index in [0.717, 1.165) is 42.6 Å². The van der Waals surface area contributed by atoms with Gasteiger partial charge in [-0.3, -0.25) is 0 Å². The SMILES string of the molecule is CCCCCCS(=O)(=O)c1ccc(/C=C/c2ccc(OCCCO)cc2)cc1. The predicted molar refractivity (Wildman–Crippen MR) is 115 cm³/mol. The molecule has 0 aliphatic carbocycles. The summed E-state index contributed by atoms with van der Waals surface area (Å²) in [7, 11) is -3.19.